The van der Waals surface area contributed by atoms with E-state index in [1.165, 1.54) is 30.0 Å². The van der Waals surface area contributed by atoms with Crippen molar-refractivity contribution in [1.29, 1.82) is 0 Å². The maximum absolute atomic E-state index is 14.2. The molecule has 1 N–H and O–H groups in total. The number of nitrogens with zero attached hydrogens (tertiary/aromatic N) is 2. The third-order valence-electron chi connectivity index (χ3n) is 4.61. The number of hydrogen-bond acceptors (Lipinski definition) is 4. The Hall–Kier alpha value is -2.21. The van der Waals surface area contributed by atoms with Crippen molar-refractivity contribution in [3.8, 4) is 0 Å². The van der Waals surface area contributed by atoms with Gasteiger partial charge in [0.05, 0.1) is 11.9 Å². The molecule has 10 heteroatoms. The van der Waals surface area contributed by atoms with Crippen molar-refractivity contribution in [3.63, 3.8) is 0 Å². The van der Waals surface area contributed by atoms with E-state index in [0.717, 1.165) is 14.1 Å². The van der Waals surface area contributed by atoms with Gasteiger partial charge in [0.15, 0.2) is 0 Å². The molecule has 0 aliphatic carbocycles. The molecule has 2 rings (SSSR count). The van der Waals surface area contributed by atoms with Crippen LogP contribution in [0.3, 0.4) is 0 Å². The number of halogens is 2. The van der Waals surface area contributed by atoms with E-state index in [1.807, 2.05) is 0 Å². The lowest BCUT2D eigenvalue weighted by Crippen LogP contribution is -2.51. The van der Waals surface area contributed by atoms with E-state index in [-0.39, 0.29) is 12.1 Å². The van der Waals surface area contributed by atoms with Crippen LogP contribution in [0.4, 0.5) is 10.1 Å². The van der Waals surface area contributed by atoms with E-state index < -0.39 is 40.2 Å². The summed E-state index contributed by atoms with van der Waals surface area (Å²) in [5.74, 6) is -1.54. The normalized spacial score (nSPS) is 12.2. The highest BCUT2D eigenvalue weighted by Crippen LogP contribution is 2.20. The molecular weight excluding hydrogens is 536 g/mol. The Kier molecular flexibility index (Phi) is 8.80. The van der Waals surface area contributed by atoms with Gasteiger partial charge in [0.1, 0.15) is 18.4 Å². The summed E-state index contributed by atoms with van der Waals surface area (Å²) in [6.07, 6.45) is 1.01. The molecule has 0 saturated heterocycles. The number of carbonyl (C=O) groups excluding carboxylic acids is 2. The summed E-state index contributed by atoms with van der Waals surface area (Å²) < 4.78 is 40.9. The molecule has 0 aromatic heterocycles. The lowest BCUT2D eigenvalue weighted by Gasteiger charge is -2.31. The Morgan fingerprint density at radius 2 is 1.74 bits per heavy atom. The predicted molar refractivity (Wildman–Crippen MR) is 126 cm³/mol. The topological polar surface area (TPSA) is 86.8 Å². The first-order chi connectivity index (χ1) is 14.5. The molecule has 0 spiro atoms. The number of amides is 2. The molecule has 168 valence electrons. The van der Waals surface area contributed by atoms with Crippen LogP contribution < -0.4 is 9.62 Å². The van der Waals surface area contributed by atoms with Gasteiger partial charge in [-0.15, -0.1) is 0 Å². The fourth-order valence-electron chi connectivity index (χ4n) is 2.94. The monoisotopic (exact) mass is 561 g/mol. The maximum Gasteiger partial charge on any atom is 0.244 e. The van der Waals surface area contributed by atoms with Gasteiger partial charge in [-0.1, -0.05) is 18.2 Å². The molecule has 7 nitrogen and oxygen atoms in total. The van der Waals surface area contributed by atoms with Crippen LogP contribution in [0.1, 0.15) is 19.4 Å². The fraction of sp³-hybridized carbons (Fsp3) is 0.333. The largest absolute Gasteiger partial charge is 0.355 e. The summed E-state index contributed by atoms with van der Waals surface area (Å²) in [7, 11) is -3.79. The third kappa shape index (κ3) is 6.89. The van der Waals surface area contributed by atoms with E-state index in [2.05, 4.69) is 27.9 Å². The quantitative estimate of drug-likeness (QED) is 0.478. The van der Waals surface area contributed by atoms with Gasteiger partial charge in [0, 0.05) is 22.2 Å². The average Bonchev–Trinajstić information content (AvgIpc) is 2.71. The maximum atomic E-state index is 14.2. The van der Waals surface area contributed by atoms with Crippen molar-refractivity contribution in [3.05, 3.63) is 63.5 Å². The van der Waals surface area contributed by atoms with Crippen molar-refractivity contribution in [2.45, 2.75) is 26.4 Å². The molecule has 0 fully saturated rings. The van der Waals surface area contributed by atoms with Gasteiger partial charge < -0.3 is 10.2 Å². The van der Waals surface area contributed by atoms with Crippen molar-refractivity contribution >= 4 is 50.1 Å². The SMILES string of the molecule is CCNC(=O)[C@H](C)N(Cc1ccccc1F)C(=O)CN(c1ccc(I)cc1)S(C)(=O)=O. The summed E-state index contributed by atoms with van der Waals surface area (Å²) in [6.45, 7) is 2.95. The van der Waals surface area contributed by atoms with Gasteiger partial charge in [0.2, 0.25) is 21.8 Å². The molecule has 0 heterocycles. The predicted octanol–water partition coefficient (Wildman–Crippen LogP) is 2.75. The van der Waals surface area contributed by atoms with Crippen LogP contribution in [0.15, 0.2) is 48.5 Å². The molecule has 31 heavy (non-hydrogen) atoms. The number of sulfonamides is 1. The Bertz CT molecular complexity index is 1030. The van der Waals surface area contributed by atoms with Crippen LogP contribution in [-0.4, -0.2) is 50.5 Å². The second-order valence-corrected chi connectivity index (χ2v) is 10.1. The molecular formula is C21H25FIN3O4S. The number of rotatable bonds is 9. The minimum Gasteiger partial charge on any atom is -0.355 e. The van der Waals surface area contributed by atoms with Gasteiger partial charge in [-0.2, -0.15) is 0 Å². The summed E-state index contributed by atoms with van der Waals surface area (Å²) in [4.78, 5) is 26.8. The molecule has 0 aliphatic heterocycles. The molecule has 0 bridgehead atoms. The van der Waals surface area contributed by atoms with E-state index in [0.29, 0.717) is 12.2 Å². The number of anilines is 1. The molecule has 2 amide bonds. The zero-order valence-electron chi connectivity index (χ0n) is 17.5. The van der Waals surface area contributed by atoms with Crippen molar-refractivity contribution in [2.75, 3.05) is 23.7 Å². The highest BCUT2D eigenvalue weighted by atomic mass is 127. The average molecular weight is 561 g/mol. The third-order valence-corrected chi connectivity index (χ3v) is 6.47. The molecule has 0 radical (unpaired) electrons. The highest BCUT2D eigenvalue weighted by molar-refractivity contribution is 14.1. The van der Waals surface area contributed by atoms with Crippen LogP contribution in [0.5, 0.6) is 0 Å². The van der Waals surface area contributed by atoms with E-state index >= 15 is 0 Å². The number of carbonyl (C=O) groups is 2. The lowest BCUT2D eigenvalue weighted by molar-refractivity contribution is -0.139. The number of hydrogen-bond donors (Lipinski definition) is 1. The van der Waals surface area contributed by atoms with E-state index in [1.54, 1.807) is 37.3 Å². The molecule has 0 unspecified atom stereocenters. The Morgan fingerprint density at radius 1 is 1.13 bits per heavy atom. The summed E-state index contributed by atoms with van der Waals surface area (Å²) >= 11 is 2.09. The second kappa shape index (κ2) is 10.9. The Morgan fingerprint density at radius 3 is 2.29 bits per heavy atom. The van der Waals surface area contributed by atoms with Gasteiger partial charge in [0.25, 0.3) is 0 Å². The van der Waals surface area contributed by atoms with Crippen molar-refractivity contribution in [1.82, 2.24) is 10.2 Å². The van der Waals surface area contributed by atoms with Gasteiger partial charge in [-0.3, -0.25) is 13.9 Å². The zero-order valence-corrected chi connectivity index (χ0v) is 20.5. The van der Waals surface area contributed by atoms with Gasteiger partial charge in [-0.25, -0.2) is 12.8 Å². The van der Waals surface area contributed by atoms with Crippen molar-refractivity contribution in [2.24, 2.45) is 0 Å². The summed E-state index contributed by atoms with van der Waals surface area (Å²) in [5.41, 5.74) is 0.555. The van der Waals surface area contributed by atoms with Crippen LogP contribution >= 0.6 is 22.6 Å². The first-order valence-corrected chi connectivity index (χ1v) is 12.5. The van der Waals surface area contributed by atoms with Crippen molar-refractivity contribution < 1.29 is 22.4 Å². The van der Waals surface area contributed by atoms with E-state index in [9.17, 15) is 22.4 Å². The minimum absolute atomic E-state index is 0.173. The Balaban J connectivity index is 2.38. The molecule has 0 saturated carbocycles. The highest BCUT2D eigenvalue weighted by Gasteiger charge is 2.30. The van der Waals surface area contributed by atoms with E-state index in [4.69, 9.17) is 0 Å². The Labute approximate surface area is 195 Å². The first kappa shape index (κ1) is 25.1. The van der Waals surface area contributed by atoms with Crippen LogP contribution in [0, 0.1) is 9.39 Å². The molecule has 2 aromatic rings. The number of nitrogens with one attached hydrogen (secondary N) is 1. The second-order valence-electron chi connectivity index (χ2n) is 6.93. The number of likely N-dealkylation sites (N-methyl/N-ethyl adjacent to an activating group) is 1. The standard InChI is InChI=1S/C21H25FIN3O4S/c1-4-24-21(28)15(2)25(13-16-7-5-6-8-19(16)22)20(27)14-26(31(3,29)30)18-11-9-17(23)10-12-18/h5-12,15H,4,13-14H2,1-3H3,(H,24,28)/t15-/m0/s1. The molecule has 2 aromatic carbocycles. The zero-order chi connectivity index (χ0) is 23.2. The lowest BCUT2D eigenvalue weighted by atomic mass is 10.1. The molecule has 0 aliphatic rings. The fourth-order valence-corrected chi connectivity index (χ4v) is 4.14. The molecule has 1 atom stereocenters. The van der Waals surface area contributed by atoms with Crippen LogP contribution in [0.2, 0.25) is 0 Å². The van der Waals surface area contributed by atoms with Crippen LogP contribution in [0.25, 0.3) is 0 Å². The summed E-state index contributed by atoms with van der Waals surface area (Å²) in [5, 5.41) is 2.64. The van der Waals surface area contributed by atoms with Gasteiger partial charge in [-0.05, 0) is 66.8 Å². The number of benzene rings is 2. The van der Waals surface area contributed by atoms with Crippen LogP contribution in [-0.2, 0) is 26.2 Å². The first-order valence-electron chi connectivity index (χ1n) is 9.58. The smallest absolute Gasteiger partial charge is 0.244 e. The summed E-state index contributed by atoms with van der Waals surface area (Å²) in [6, 6.07) is 11.7. The van der Waals surface area contributed by atoms with Gasteiger partial charge >= 0.3 is 0 Å². The minimum atomic E-state index is -3.79.